The molecule has 1 aliphatic heterocycles. The van der Waals surface area contributed by atoms with E-state index in [2.05, 4.69) is 25.4 Å². The number of hydrogen-bond acceptors (Lipinski definition) is 6. The highest BCUT2D eigenvalue weighted by Gasteiger charge is 2.26. The third-order valence-corrected chi connectivity index (χ3v) is 6.18. The van der Waals surface area contributed by atoms with Crippen LogP contribution in [0.25, 0.3) is 17.2 Å². The summed E-state index contributed by atoms with van der Waals surface area (Å²) in [6.45, 7) is 5.91. The molecule has 4 heterocycles. The molecule has 0 radical (unpaired) electrons. The zero-order valence-electron chi connectivity index (χ0n) is 17.3. The van der Waals surface area contributed by atoms with Gasteiger partial charge in [0.1, 0.15) is 11.5 Å². The molecule has 1 fully saturated rings. The average Bonchev–Trinajstić information content (AvgIpc) is 3.36. The smallest absolute Gasteiger partial charge is 0.160 e. The first-order valence-corrected chi connectivity index (χ1v) is 10.6. The second-order valence-corrected chi connectivity index (χ2v) is 8.05. The topological polar surface area (TPSA) is 63.7 Å². The molecule has 8 nitrogen and oxygen atoms in total. The highest BCUT2D eigenvalue weighted by Crippen LogP contribution is 2.32. The Balaban J connectivity index is 1.54. The number of nitrogens with zero attached hydrogens (tertiary/aromatic N) is 7. The molecule has 3 aromatic heterocycles. The van der Waals surface area contributed by atoms with E-state index in [1.54, 1.807) is 7.11 Å². The molecule has 0 spiro atoms. The number of piperazine rings is 1. The first-order valence-electron chi connectivity index (χ1n) is 10.6. The number of ether oxygens (including phenoxy) is 1. The van der Waals surface area contributed by atoms with Crippen molar-refractivity contribution in [2.24, 2.45) is 7.05 Å². The van der Waals surface area contributed by atoms with Crippen LogP contribution in [-0.2, 0) is 24.6 Å². The molecule has 154 valence electrons. The molecule has 0 aromatic carbocycles. The standard InChI is InChI=1S/C21H29N7O/c1-25-8-7-22-20(25)18-15-19-23-17-6-4-3-5-16(17)21(28(19)24-18)27-11-9-26(10-12-27)13-14-29-2/h7-8,15H,3-6,9-14H2,1-2H3. The van der Waals surface area contributed by atoms with Crippen molar-refractivity contribution in [3.8, 4) is 11.5 Å². The van der Waals surface area contributed by atoms with Crippen molar-refractivity contribution in [1.82, 2.24) is 29.0 Å². The van der Waals surface area contributed by atoms with Crippen LogP contribution in [0.1, 0.15) is 24.1 Å². The lowest BCUT2D eigenvalue weighted by Gasteiger charge is -2.37. The van der Waals surface area contributed by atoms with Gasteiger partial charge in [-0.3, -0.25) is 4.90 Å². The minimum absolute atomic E-state index is 0.793. The van der Waals surface area contributed by atoms with E-state index in [9.17, 15) is 0 Å². The van der Waals surface area contributed by atoms with Gasteiger partial charge in [-0.1, -0.05) is 0 Å². The number of aromatic nitrogens is 5. The predicted molar refractivity (Wildman–Crippen MR) is 112 cm³/mol. The quantitative estimate of drug-likeness (QED) is 0.656. The fraction of sp³-hybridized carbons (Fsp3) is 0.571. The first-order chi connectivity index (χ1) is 14.2. The van der Waals surface area contributed by atoms with E-state index in [0.717, 1.165) is 69.3 Å². The van der Waals surface area contributed by atoms with Gasteiger partial charge in [-0.05, 0) is 25.7 Å². The number of rotatable bonds is 5. The Hall–Kier alpha value is -2.45. The third kappa shape index (κ3) is 3.40. The van der Waals surface area contributed by atoms with Gasteiger partial charge in [0.05, 0.1) is 6.61 Å². The van der Waals surface area contributed by atoms with Crippen molar-refractivity contribution < 1.29 is 4.74 Å². The molecular formula is C21H29N7O. The Morgan fingerprint density at radius 2 is 1.93 bits per heavy atom. The fourth-order valence-electron chi connectivity index (χ4n) is 4.58. The highest BCUT2D eigenvalue weighted by molar-refractivity contribution is 5.64. The molecule has 5 rings (SSSR count). The minimum Gasteiger partial charge on any atom is -0.383 e. The van der Waals surface area contributed by atoms with Crippen LogP contribution in [0.15, 0.2) is 18.5 Å². The van der Waals surface area contributed by atoms with Crippen molar-refractivity contribution in [1.29, 1.82) is 0 Å². The number of fused-ring (bicyclic) bond motifs is 2. The summed E-state index contributed by atoms with van der Waals surface area (Å²) >= 11 is 0. The Bertz CT molecular complexity index is 1000. The molecule has 0 atom stereocenters. The van der Waals surface area contributed by atoms with Gasteiger partial charge in [-0.25, -0.2) is 9.97 Å². The molecule has 0 amide bonds. The Morgan fingerprint density at radius 1 is 1.10 bits per heavy atom. The van der Waals surface area contributed by atoms with Gasteiger partial charge in [0, 0.05) is 76.6 Å². The van der Waals surface area contributed by atoms with Gasteiger partial charge < -0.3 is 14.2 Å². The number of imidazole rings is 1. The van der Waals surface area contributed by atoms with E-state index in [4.69, 9.17) is 14.8 Å². The third-order valence-electron chi connectivity index (χ3n) is 6.18. The van der Waals surface area contributed by atoms with Crippen molar-refractivity contribution in [2.75, 3.05) is 51.3 Å². The Labute approximate surface area is 171 Å². The Morgan fingerprint density at radius 3 is 2.69 bits per heavy atom. The van der Waals surface area contributed by atoms with E-state index in [1.807, 2.05) is 24.0 Å². The maximum atomic E-state index is 5.25. The number of methoxy groups -OCH3 is 1. The average molecular weight is 396 g/mol. The van der Waals surface area contributed by atoms with Crippen LogP contribution in [0.2, 0.25) is 0 Å². The van der Waals surface area contributed by atoms with Gasteiger partial charge in [0.25, 0.3) is 0 Å². The van der Waals surface area contributed by atoms with E-state index in [0.29, 0.717) is 0 Å². The van der Waals surface area contributed by atoms with Crippen LogP contribution >= 0.6 is 0 Å². The molecular weight excluding hydrogens is 366 g/mol. The summed E-state index contributed by atoms with van der Waals surface area (Å²) in [6, 6.07) is 2.08. The molecule has 0 bridgehead atoms. The fourth-order valence-corrected chi connectivity index (χ4v) is 4.58. The lowest BCUT2D eigenvalue weighted by atomic mass is 9.96. The summed E-state index contributed by atoms with van der Waals surface area (Å²) in [4.78, 5) is 14.5. The normalized spacial score (nSPS) is 17.8. The molecule has 1 saturated heterocycles. The number of aryl methyl sites for hydroxylation is 2. The first kappa shape index (κ1) is 18.6. The van der Waals surface area contributed by atoms with Gasteiger partial charge in [-0.2, -0.15) is 9.61 Å². The van der Waals surface area contributed by atoms with Crippen LogP contribution in [0.4, 0.5) is 5.82 Å². The summed E-state index contributed by atoms with van der Waals surface area (Å²) in [5.41, 5.74) is 4.46. The van der Waals surface area contributed by atoms with Crippen LogP contribution in [0.5, 0.6) is 0 Å². The maximum Gasteiger partial charge on any atom is 0.160 e. The molecule has 0 N–H and O–H groups in total. The lowest BCUT2D eigenvalue weighted by molar-refractivity contribution is 0.144. The van der Waals surface area contributed by atoms with Gasteiger partial charge in [0.15, 0.2) is 11.5 Å². The van der Waals surface area contributed by atoms with Crippen molar-refractivity contribution in [2.45, 2.75) is 25.7 Å². The van der Waals surface area contributed by atoms with Crippen molar-refractivity contribution in [3.63, 3.8) is 0 Å². The second-order valence-electron chi connectivity index (χ2n) is 8.05. The lowest BCUT2D eigenvalue weighted by Crippen LogP contribution is -2.48. The van der Waals surface area contributed by atoms with Gasteiger partial charge in [-0.15, -0.1) is 0 Å². The van der Waals surface area contributed by atoms with Crippen molar-refractivity contribution >= 4 is 11.5 Å². The SMILES string of the molecule is COCCN1CCN(c2c3c(nc4cc(-c5nccn5C)nn24)CCCC3)CC1. The molecule has 2 aliphatic rings. The minimum atomic E-state index is 0.793. The number of hydrogen-bond donors (Lipinski definition) is 0. The van der Waals surface area contributed by atoms with Crippen molar-refractivity contribution in [3.05, 3.63) is 29.7 Å². The largest absolute Gasteiger partial charge is 0.383 e. The summed E-state index contributed by atoms with van der Waals surface area (Å²) in [5.74, 6) is 2.13. The maximum absolute atomic E-state index is 5.25. The monoisotopic (exact) mass is 395 g/mol. The molecule has 0 unspecified atom stereocenters. The molecule has 3 aromatic rings. The van der Waals surface area contributed by atoms with E-state index in [1.165, 1.54) is 29.9 Å². The van der Waals surface area contributed by atoms with Gasteiger partial charge >= 0.3 is 0 Å². The van der Waals surface area contributed by atoms with Crippen LogP contribution in [0.3, 0.4) is 0 Å². The van der Waals surface area contributed by atoms with Crippen LogP contribution in [-0.4, -0.2) is 75.5 Å². The zero-order valence-corrected chi connectivity index (χ0v) is 17.3. The summed E-state index contributed by atoms with van der Waals surface area (Å²) < 4.78 is 9.33. The molecule has 29 heavy (non-hydrogen) atoms. The highest BCUT2D eigenvalue weighted by atomic mass is 16.5. The summed E-state index contributed by atoms with van der Waals surface area (Å²) in [6.07, 6.45) is 8.38. The van der Waals surface area contributed by atoms with Crippen LogP contribution in [0, 0.1) is 0 Å². The van der Waals surface area contributed by atoms with E-state index >= 15 is 0 Å². The second kappa shape index (κ2) is 7.76. The van der Waals surface area contributed by atoms with Crippen LogP contribution < -0.4 is 4.90 Å². The zero-order chi connectivity index (χ0) is 19.8. The van der Waals surface area contributed by atoms with E-state index in [-0.39, 0.29) is 0 Å². The Kier molecular flexibility index (Phi) is 4.97. The van der Waals surface area contributed by atoms with E-state index < -0.39 is 0 Å². The summed E-state index contributed by atoms with van der Waals surface area (Å²) in [5, 5.41) is 4.96. The summed E-state index contributed by atoms with van der Waals surface area (Å²) in [7, 11) is 3.78. The molecule has 8 heteroatoms. The number of anilines is 1. The predicted octanol–water partition coefficient (Wildman–Crippen LogP) is 1.78. The van der Waals surface area contributed by atoms with Gasteiger partial charge in [0.2, 0.25) is 0 Å². The molecule has 0 saturated carbocycles. The molecule has 1 aliphatic carbocycles.